The van der Waals surface area contributed by atoms with Crippen molar-refractivity contribution < 1.29 is 0 Å². The van der Waals surface area contributed by atoms with Gasteiger partial charge in [0.05, 0.1) is 0 Å². The molecule has 0 spiro atoms. The molecule has 0 N–H and O–H groups in total. The monoisotopic (exact) mass is 131 g/mol. The van der Waals surface area contributed by atoms with Crippen LogP contribution in [0.25, 0.3) is 0 Å². The maximum atomic E-state index is 4.78. The molecule has 0 radical (unpaired) electrons. The van der Waals surface area contributed by atoms with Crippen molar-refractivity contribution in [3.8, 4) is 0 Å². The van der Waals surface area contributed by atoms with Gasteiger partial charge in [0.1, 0.15) is 0 Å². The number of aryl methyl sites for hydroxylation is 1. The summed E-state index contributed by atoms with van der Waals surface area (Å²) in [6, 6.07) is 0. The summed E-state index contributed by atoms with van der Waals surface area (Å²) in [6.45, 7) is 1.85. The average molecular weight is 131 g/mol. The van der Waals surface area contributed by atoms with E-state index >= 15 is 0 Å². The lowest BCUT2D eigenvalue weighted by Gasteiger charge is -1.87. The third-order valence-electron chi connectivity index (χ3n) is 0.610. The highest BCUT2D eigenvalue weighted by molar-refractivity contribution is 7.62. The standard InChI is InChI=1S/C3H4N2S2/c1-2-3(6)7-5-4-2/h6H,1H3/p-1. The summed E-state index contributed by atoms with van der Waals surface area (Å²) in [5, 5.41) is 3.68. The van der Waals surface area contributed by atoms with Gasteiger partial charge in [0.25, 0.3) is 0 Å². The van der Waals surface area contributed by atoms with Gasteiger partial charge >= 0.3 is 0 Å². The summed E-state index contributed by atoms with van der Waals surface area (Å²) in [5.74, 6) is 0. The molecule has 0 aliphatic rings. The maximum Gasteiger partial charge on any atom is 0.0490 e. The smallest absolute Gasteiger partial charge is 0.0490 e. The lowest BCUT2D eigenvalue weighted by Crippen LogP contribution is -1.70. The van der Waals surface area contributed by atoms with E-state index in [2.05, 4.69) is 9.59 Å². The molecule has 0 bridgehead atoms. The van der Waals surface area contributed by atoms with Crippen molar-refractivity contribution in [3.63, 3.8) is 0 Å². The normalized spacial score (nSPS) is 9.29. The Bertz CT molecular complexity index is 143. The van der Waals surface area contributed by atoms with Gasteiger partial charge in [-0.3, -0.25) is 0 Å². The number of rotatable bonds is 0. The van der Waals surface area contributed by atoms with Crippen LogP contribution in [0.4, 0.5) is 0 Å². The minimum absolute atomic E-state index is 0.792. The van der Waals surface area contributed by atoms with E-state index in [0.29, 0.717) is 0 Å². The summed E-state index contributed by atoms with van der Waals surface area (Å²) < 4.78 is 4.40. The van der Waals surface area contributed by atoms with Gasteiger partial charge in [-0.2, -0.15) is 5.10 Å². The zero-order valence-electron chi connectivity index (χ0n) is 3.71. The van der Waals surface area contributed by atoms with Crippen molar-refractivity contribution in [1.82, 2.24) is 9.59 Å². The number of nitrogens with zero attached hydrogens (tertiary/aromatic N) is 2. The molecule has 0 unspecified atom stereocenters. The van der Waals surface area contributed by atoms with E-state index in [1.54, 1.807) is 0 Å². The predicted molar refractivity (Wildman–Crippen MR) is 30.3 cm³/mol. The van der Waals surface area contributed by atoms with E-state index in [1.165, 1.54) is 11.5 Å². The van der Waals surface area contributed by atoms with Crippen LogP contribution >= 0.6 is 11.5 Å². The highest BCUT2D eigenvalue weighted by atomic mass is 32.2. The van der Waals surface area contributed by atoms with E-state index in [9.17, 15) is 0 Å². The zero-order chi connectivity index (χ0) is 5.28. The van der Waals surface area contributed by atoms with E-state index in [4.69, 9.17) is 12.6 Å². The topological polar surface area (TPSA) is 25.8 Å². The molecule has 7 heavy (non-hydrogen) atoms. The van der Waals surface area contributed by atoms with Crippen LogP contribution in [-0.2, 0) is 12.6 Å². The molecule has 2 nitrogen and oxygen atoms in total. The van der Waals surface area contributed by atoms with Gasteiger partial charge in [0.15, 0.2) is 0 Å². The van der Waals surface area contributed by atoms with Crippen LogP contribution in [-0.4, -0.2) is 9.59 Å². The molecule has 0 amide bonds. The Kier molecular flexibility index (Phi) is 1.21. The molecule has 0 atom stereocenters. The molecule has 4 heteroatoms. The van der Waals surface area contributed by atoms with E-state index in [0.717, 1.165) is 9.90 Å². The second-order valence-corrected chi connectivity index (χ2v) is 2.57. The summed E-state index contributed by atoms with van der Waals surface area (Å²) in [6.07, 6.45) is 0. The fourth-order valence-electron chi connectivity index (χ4n) is 0.226. The van der Waals surface area contributed by atoms with Crippen LogP contribution in [0.15, 0.2) is 4.21 Å². The van der Waals surface area contributed by atoms with Gasteiger partial charge in [-0.05, 0) is 6.92 Å². The second kappa shape index (κ2) is 1.71. The third-order valence-corrected chi connectivity index (χ3v) is 1.75. The van der Waals surface area contributed by atoms with Crippen molar-refractivity contribution in [2.75, 3.05) is 0 Å². The molecule has 0 aliphatic carbocycles. The van der Waals surface area contributed by atoms with Crippen molar-refractivity contribution in [1.29, 1.82) is 0 Å². The lowest BCUT2D eigenvalue weighted by atomic mass is 10.6. The van der Waals surface area contributed by atoms with E-state index < -0.39 is 0 Å². The van der Waals surface area contributed by atoms with Crippen LogP contribution in [0.2, 0.25) is 0 Å². The van der Waals surface area contributed by atoms with Crippen molar-refractivity contribution in [3.05, 3.63) is 5.69 Å². The molecule has 0 fully saturated rings. The zero-order valence-corrected chi connectivity index (χ0v) is 5.34. The molecule has 38 valence electrons. The molecule has 1 rings (SSSR count). The Labute approximate surface area is 51.1 Å². The van der Waals surface area contributed by atoms with Gasteiger partial charge in [0, 0.05) is 5.69 Å². The van der Waals surface area contributed by atoms with Crippen LogP contribution in [0.5, 0.6) is 0 Å². The Morgan fingerprint density at radius 2 is 2.43 bits per heavy atom. The molecule has 0 aliphatic heterocycles. The highest BCUT2D eigenvalue weighted by Gasteiger charge is 1.81. The summed E-state index contributed by atoms with van der Waals surface area (Å²) in [7, 11) is 0. The summed E-state index contributed by atoms with van der Waals surface area (Å²) >= 11 is 6.04. The largest absolute Gasteiger partial charge is 0.425 e. The number of aromatic nitrogens is 2. The quantitative estimate of drug-likeness (QED) is 0.486. The Hall–Kier alpha value is -0.220. The molecular weight excluding hydrogens is 128 g/mol. The van der Waals surface area contributed by atoms with Crippen molar-refractivity contribution >= 4 is 24.2 Å². The molecule has 0 saturated carbocycles. The minimum atomic E-state index is 0.792. The van der Waals surface area contributed by atoms with Crippen molar-refractivity contribution in [2.45, 2.75) is 11.1 Å². The van der Waals surface area contributed by atoms with Gasteiger partial charge in [-0.1, -0.05) is 4.21 Å². The Morgan fingerprint density at radius 3 is 2.57 bits per heavy atom. The first-order valence-electron chi connectivity index (χ1n) is 1.76. The van der Waals surface area contributed by atoms with E-state index in [1.807, 2.05) is 6.92 Å². The molecule has 0 saturated heterocycles. The van der Waals surface area contributed by atoms with E-state index in [-0.39, 0.29) is 0 Å². The number of hydrogen-bond donors (Lipinski definition) is 0. The molecule has 1 heterocycles. The third kappa shape index (κ3) is 0.863. The molecule has 0 aromatic carbocycles. The molecular formula is C3H3N2S2-. The lowest BCUT2D eigenvalue weighted by molar-refractivity contribution is 1.07. The average Bonchev–Trinajstić information content (AvgIpc) is 1.91. The first-order chi connectivity index (χ1) is 3.30. The summed E-state index contributed by atoms with van der Waals surface area (Å²) in [4.78, 5) is 0. The first-order valence-corrected chi connectivity index (χ1v) is 2.95. The number of hydrogen-bond acceptors (Lipinski definition) is 4. The van der Waals surface area contributed by atoms with Gasteiger partial charge in [-0.25, -0.2) is 16.0 Å². The maximum absolute atomic E-state index is 4.78. The van der Waals surface area contributed by atoms with Crippen LogP contribution < -0.4 is 0 Å². The minimum Gasteiger partial charge on any atom is -0.425 e. The van der Waals surface area contributed by atoms with Gasteiger partial charge < -0.3 is 12.6 Å². The van der Waals surface area contributed by atoms with Crippen LogP contribution in [0, 0.1) is 6.92 Å². The second-order valence-electron chi connectivity index (χ2n) is 1.15. The Balaban J connectivity index is 3.12. The summed E-state index contributed by atoms with van der Waals surface area (Å²) in [5.41, 5.74) is 0.861. The fourth-order valence-corrected chi connectivity index (χ4v) is 0.777. The SMILES string of the molecule is Cc1nnsc1[S-]. The first kappa shape index (κ1) is 4.93. The molecule has 1 aromatic heterocycles. The van der Waals surface area contributed by atoms with Crippen molar-refractivity contribution in [2.24, 2.45) is 0 Å². The molecule has 1 aromatic rings. The van der Waals surface area contributed by atoms with Gasteiger partial charge in [-0.15, -0.1) is 0 Å². The van der Waals surface area contributed by atoms with Gasteiger partial charge in [0.2, 0.25) is 0 Å². The Morgan fingerprint density at radius 1 is 1.71 bits per heavy atom. The van der Waals surface area contributed by atoms with Crippen LogP contribution in [0.1, 0.15) is 5.69 Å². The predicted octanol–water partition coefficient (Wildman–Crippen LogP) is 0.752. The fraction of sp³-hybridized carbons (Fsp3) is 0.333. The highest BCUT2D eigenvalue weighted by Crippen LogP contribution is 2.05. The van der Waals surface area contributed by atoms with Crippen LogP contribution in [0.3, 0.4) is 0 Å².